The number of benzene rings is 2. The number of carbonyl (C=O) groups is 1. The predicted octanol–water partition coefficient (Wildman–Crippen LogP) is 5.12. The lowest BCUT2D eigenvalue weighted by Gasteiger charge is -2.28. The van der Waals surface area contributed by atoms with Crippen molar-refractivity contribution in [1.29, 1.82) is 0 Å². The Labute approximate surface area is 177 Å². The molecule has 5 heteroatoms. The monoisotopic (exact) mass is 404 g/mol. The van der Waals surface area contributed by atoms with Crippen LogP contribution in [0.5, 0.6) is 0 Å². The van der Waals surface area contributed by atoms with Gasteiger partial charge in [-0.1, -0.05) is 60.7 Å². The molecule has 0 radical (unpaired) electrons. The summed E-state index contributed by atoms with van der Waals surface area (Å²) in [5.74, 6) is 0.164. The third-order valence-electron chi connectivity index (χ3n) is 5.88. The van der Waals surface area contributed by atoms with Gasteiger partial charge in [0, 0.05) is 23.9 Å². The van der Waals surface area contributed by atoms with Gasteiger partial charge in [-0.3, -0.25) is 4.68 Å². The fourth-order valence-corrected chi connectivity index (χ4v) is 4.31. The van der Waals surface area contributed by atoms with E-state index < -0.39 is 5.97 Å². The zero-order valence-electron chi connectivity index (χ0n) is 17.1. The molecule has 156 valence electrons. The van der Waals surface area contributed by atoms with Gasteiger partial charge < -0.3 is 9.84 Å². The molecule has 0 spiro atoms. The lowest BCUT2D eigenvalue weighted by Crippen LogP contribution is -2.23. The minimum Gasteiger partial charge on any atom is -0.480 e. The Morgan fingerprint density at radius 3 is 2.17 bits per heavy atom. The van der Waals surface area contributed by atoms with Gasteiger partial charge >= 0.3 is 5.97 Å². The SMILES string of the molecule is O=C(O)COC[C@H]1CC[C@H](Cn2cc(-c3ccccc3)c(-c3ccccc3)n2)CC1. The van der Waals surface area contributed by atoms with Gasteiger partial charge in [0.25, 0.3) is 0 Å². The Hall–Kier alpha value is -2.92. The van der Waals surface area contributed by atoms with Crippen molar-refractivity contribution < 1.29 is 14.6 Å². The molecule has 5 nitrogen and oxygen atoms in total. The molecule has 2 aromatic carbocycles. The van der Waals surface area contributed by atoms with Crippen LogP contribution in [0.3, 0.4) is 0 Å². The van der Waals surface area contributed by atoms with Crippen LogP contribution in [0.25, 0.3) is 22.4 Å². The summed E-state index contributed by atoms with van der Waals surface area (Å²) in [6, 6.07) is 20.8. The molecule has 1 heterocycles. The van der Waals surface area contributed by atoms with Crippen LogP contribution in [0, 0.1) is 11.8 Å². The molecular formula is C25H28N2O3. The molecule has 1 aromatic heterocycles. The Morgan fingerprint density at radius 2 is 1.53 bits per heavy atom. The molecule has 1 fully saturated rings. The van der Waals surface area contributed by atoms with Crippen molar-refractivity contribution in [3.8, 4) is 22.4 Å². The van der Waals surface area contributed by atoms with Gasteiger partial charge in [0.1, 0.15) is 12.3 Å². The van der Waals surface area contributed by atoms with E-state index in [-0.39, 0.29) is 6.61 Å². The minimum atomic E-state index is -0.897. The molecule has 30 heavy (non-hydrogen) atoms. The zero-order valence-corrected chi connectivity index (χ0v) is 17.1. The molecule has 0 amide bonds. The number of aromatic nitrogens is 2. The maximum Gasteiger partial charge on any atom is 0.329 e. The molecular weight excluding hydrogens is 376 g/mol. The van der Waals surface area contributed by atoms with E-state index >= 15 is 0 Å². The second kappa shape index (κ2) is 9.72. The second-order valence-electron chi connectivity index (χ2n) is 8.14. The van der Waals surface area contributed by atoms with E-state index in [1.807, 2.05) is 12.1 Å². The number of rotatable bonds is 8. The van der Waals surface area contributed by atoms with Gasteiger partial charge in [-0.05, 0) is 43.1 Å². The maximum absolute atomic E-state index is 10.6. The van der Waals surface area contributed by atoms with Crippen LogP contribution in [0.1, 0.15) is 25.7 Å². The first-order valence-electron chi connectivity index (χ1n) is 10.7. The highest BCUT2D eigenvalue weighted by atomic mass is 16.5. The summed E-state index contributed by atoms with van der Waals surface area (Å²) in [6.45, 7) is 1.27. The van der Waals surface area contributed by atoms with E-state index in [0.717, 1.165) is 49.0 Å². The molecule has 0 bridgehead atoms. The van der Waals surface area contributed by atoms with Gasteiger partial charge in [-0.15, -0.1) is 0 Å². The number of carboxylic acid groups (broad SMARTS) is 1. The average Bonchev–Trinajstić information content (AvgIpc) is 3.20. The van der Waals surface area contributed by atoms with E-state index in [2.05, 4.69) is 59.4 Å². The lowest BCUT2D eigenvalue weighted by atomic mass is 9.82. The van der Waals surface area contributed by atoms with Gasteiger partial charge in [-0.2, -0.15) is 5.10 Å². The van der Waals surface area contributed by atoms with Crippen LogP contribution in [0.2, 0.25) is 0 Å². The first-order chi connectivity index (χ1) is 14.7. The Balaban J connectivity index is 1.44. The van der Waals surface area contributed by atoms with Gasteiger partial charge in [0.05, 0.1) is 6.61 Å². The van der Waals surface area contributed by atoms with Gasteiger partial charge in [-0.25, -0.2) is 4.79 Å². The van der Waals surface area contributed by atoms with Crippen LogP contribution in [-0.2, 0) is 16.1 Å². The number of nitrogens with zero attached hydrogens (tertiary/aromatic N) is 2. The molecule has 1 saturated carbocycles. The number of carboxylic acids is 1. The van der Waals surface area contributed by atoms with Crippen molar-refractivity contribution >= 4 is 5.97 Å². The van der Waals surface area contributed by atoms with E-state index in [1.165, 1.54) is 5.56 Å². The first-order valence-corrected chi connectivity index (χ1v) is 10.7. The van der Waals surface area contributed by atoms with Crippen LogP contribution < -0.4 is 0 Å². The summed E-state index contributed by atoms with van der Waals surface area (Å²) < 4.78 is 7.40. The first kappa shape index (κ1) is 20.4. The number of ether oxygens (including phenoxy) is 1. The highest BCUT2D eigenvalue weighted by molar-refractivity contribution is 5.80. The second-order valence-corrected chi connectivity index (χ2v) is 8.14. The fraction of sp³-hybridized carbons (Fsp3) is 0.360. The summed E-state index contributed by atoms with van der Waals surface area (Å²) >= 11 is 0. The van der Waals surface area contributed by atoms with Crippen LogP contribution in [0.15, 0.2) is 66.9 Å². The maximum atomic E-state index is 10.6. The topological polar surface area (TPSA) is 64.3 Å². The Morgan fingerprint density at radius 1 is 0.933 bits per heavy atom. The van der Waals surface area contributed by atoms with Crippen molar-refractivity contribution in [3.63, 3.8) is 0 Å². The fourth-order valence-electron chi connectivity index (χ4n) is 4.31. The third kappa shape index (κ3) is 5.16. The van der Waals surface area contributed by atoms with Crippen molar-refractivity contribution in [2.24, 2.45) is 11.8 Å². The Kier molecular flexibility index (Phi) is 6.60. The third-order valence-corrected chi connectivity index (χ3v) is 5.88. The van der Waals surface area contributed by atoms with E-state index in [0.29, 0.717) is 18.4 Å². The van der Waals surface area contributed by atoms with Crippen molar-refractivity contribution in [3.05, 3.63) is 66.9 Å². The molecule has 0 aliphatic heterocycles. The van der Waals surface area contributed by atoms with Crippen LogP contribution in [-0.4, -0.2) is 34.1 Å². The van der Waals surface area contributed by atoms with Gasteiger partial charge in [0.2, 0.25) is 0 Å². The Bertz CT molecular complexity index is 888. The summed E-state index contributed by atoms with van der Waals surface area (Å²) in [4.78, 5) is 10.6. The van der Waals surface area contributed by atoms with Crippen molar-refractivity contribution in [2.75, 3.05) is 13.2 Å². The lowest BCUT2D eigenvalue weighted by molar-refractivity contribution is -0.142. The van der Waals surface area contributed by atoms with Crippen LogP contribution >= 0.6 is 0 Å². The molecule has 3 aromatic rings. The zero-order chi connectivity index (χ0) is 20.8. The number of hydrogen-bond acceptors (Lipinski definition) is 3. The smallest absolute Gasteiger partial charge is 0.329 e. The molecule has 0 unspecified atom stereocenters. The molecule has 1 aliphatic carbocycles. The summed E-state index contributed by atoms with van der Waals surface area (Å²) in [6.07, 6.45) is 6.61. The standard InChI is InChI=1S/C25H28N2O3/c28-24(29)18-30-17-20-13-11-19(12-14-20)15-27-16-23(21-7-3-1-4-8-21)25(26-27)22-9-5-2-6-10-22/h1-10,16,19-20H,11-15,17-18H2,(H,28,29)/t19-,20-. The number of hydrogen-bond donors (Lipinski definition) is 1. The van der Waals surface area contributed by atoms with E-state index in [4.69, 9.17) is 14.9 Å². The average molecular weight is 405 g/mol. The summed E-state index contributed by atoms with van der Waals surface area (Å²) in [5.41, 5.74) is 4.51. The van der Waals surface area contributed by atoms with Crippen molar-refractivity contribution in [1.82, 2.24) is 9.78 Å². The predicted molar refractivity (Wildman–Crippen MR) is 117 cm³/mol. The quantitative estimate of drug-likeness (QED) is 0.566. The summed E-state index contributed by atoms with van der Waals surface area (Å²) in [5, 5.41) is 13.7. The summed E-state index contributed by atoms with van der Waals surface area (Å²) in [7, 11) is 0. The van der Waals surface area contributed by atoms with Crippen LogP contribution in [0.4, 0.5) is 0 Å². The molecule has 1 N–H and O–H groups in total. The highest BCUT2D eigenvalue weighted by Gasteiger charge is 2.23. The van der Waals surface area contributed by atoms with Gasteiger partial charge in [0.15, 0.2) is 0 Å². The minimum absolute atomic E-state index is 0.197. The molecule has 1 aliphatic rings. The van der Waals surface area contributed by atoms with Crippen molar-refractivity contribution in [2.45, 2.75) is 32.2 Å². The molecule has 4 rings (SSSR count). The number of aliphatic carboxylic acids is 1. The molecule has 0 atom stereocenters. The molecule has 0 saturated heterocycles. The largest absolute Gasteiger partial charge is 0.480 e. The highest BCUT2D eigenvalue weighted by Crippen LogP contribution is 2.33. The van der Waals surface area contributed by atoms with E-state index in [1.54, 1.807) is 0 Å². The normalized spacial score (nSPS) is 18.9. The van der Waals surface area contributed by atoms with E-state index in [9.17, 15) is 4.79 Å².